The Kier molecular flexibility index (Phi) is 5.92. The minimum atomic E-state index is -0.746. The van der Waals surface area contributed by atoms with Crippen LogP contribution in [0, 0.1) is 11.8 Å². The number of carbonyl (C=O) groups is 1. The molecule has 1 fully saturated rings. The maximum absolute atomic E-state index is 10.9. The van der Waals surface area contributed by atoms with E-state index in [-0.39, 0.29) is 0 Å². The van der Waals surface area contributed by atoms with E-state index in [1.165, 1.54) is 12.8 Å². The summed E-state index contributed by atoms with van der Waals surface area (Å²) in [6.45, 7) is 7.73. The molecule has 1 atom stereocenters. The van der Waals surface area contributed by atoms with E-state index in [0.717, 1.165) is 31.5 Å². The molecule has 4 heteroatoms. The zero-order valence-corrected chi connectivity index (χ0v) is 11.3. The van der Waals surface area contributed by atoms with Crippen LogP contribution in [-0.2, 0) is 4.79 Å². The van der Waals surface area contributed by atoms with Gasteiger partial charge in [0.1, 0.15) is 6.04 Å². The van der Waals surface area contributed by atoms with Crippen LogP contribution in [-0.4, -0.2) is 48.7 Å². The summed E-state index contributed by atoms with van der Waals surface area (Å²) in [6, 6.07) is -0.405. The summed E-state index contributed by atoms with van der Waals surface area (Å²) < 4.78 is 0. The number of rotatable bonds is 6. The number of carboxylic acids is 1. The highest BCUT2D eigenvalue weighted by atomic mass is 16.4. The van der Waals surface area contributed by atoms with E-state index in [9.17, 15) is 4.79 Å². The van der Waals surface area contributed by atoms with Gasteiger partial charge in [0.25, 0.3) is 0 Å². The maximum atomic E-state index is 10.9. The number of likely N-dealkylation sites (N-methyl/N-ethyl adjacent to an activating group) is 1. The van der Waals surface area contributed by atoms with Crippen molar-refractivity contribution in [3.63, 3.8) is 0 Å². The fraction of sp³-hybridized carbons (Fsp3) is 0.923. The first-order valence-corrected chi connectivity index (χ1v) is 6.67. The van der Waals surface area contributed by atoms with Crippen molar-refractivity contribution in [2.24, 2.45) is 11.8 Å². The second-order valence-electron chi connectivity index (χ2n) is 5.39. The van der Waals surface area contributed by atoms with E-state index in [1.807, 2.05) is 0 Å². The summed E-state index contributed by atoms with van der Waals surface area (Å²) in [6.07, 6.45) is 3.21. The number of aliphatic carboxylic acids is 1. The van der Waals surface area contributed by atoms with Gasteiger partial charge in [-0.15, -0.1) is 0 Å². The van der Waals surface area contributed by atoms with Crippen LogP contribution < -0.4 is 5.32 Å². The van der Waals surface area contributed by atoms with Crippen molar-refractivity contribution < 1.29 is 9.90 Å². The third-order valence-electron chi connectivity index (χ3n) is 3.96. The second kappa shape index (κ2) is 6.97. The molecule has 1 saturated heterocycles. The zero-order valence-electron chi connectivity index (χ0n) is 11.3. The quantitative estimate of drug-likeness (QED) is 0.739. The van der Waals surface area contributed by atoms with Gasteiger partial charge in [0.2, 0.25) is 0 Å². The van der Waals surface area contributed by atoms with Crippen molar-refractivity contribution in [3.05, 3.63) is 0 Å². The summed E-state index contributed by atoms with van der Waals surface area (Å²) in [5.41, 5.74) is 0. The molecule has 1 aliphatic rings. The highest BCUT2D eigenvalue weighted by Gasteiger charge is 2.22. The fourth-order valence-electron chi connectivity index (χ4n) is 2.55. The number of nitrogens with zero attached hydrogens (tertiary/aromatic N) is 1. The molecule has 0 bridgehead atoms. The minimum absolute atomic E-state index is 0.405. The lowest BCUT2D eigenvalue weighted by molar-refractivity contribution is -0.139. The molecule has 0 spiro atoms. The normalized spacial score (nSPS) is 20.7. The van der Waals surface area contributed by atoms with Gasteiger partial charge in [-0.3, -0.25) is 4.79 Å². The molecular formula is C13H26N2O2. The minimum Gasteiger partial charge on any atom is -0.480 e. The van der Waals surface area contributed by atoms with Crippen LogP contribution in [0.1, 0.15) is 33.1 Å². The van der Waals surface area contributed by atoms with E-state index in [4.69, 9.17) is 5.11 Å². The van der Waals surface area contributed by atoms with E-state index in [2.05, 4.69) is 24.1 Å². The molecule has 1 rings (SSSR count). The standard InChI is InChI=1S/C13H26N2O2/c1-10(2)11-4-7-15(8-5-11)9-6-12(14-3)13(16)17/h10-12,14H,4-9H2,1-3H3,(H,16,17). The molecule has 1 aliphatic heterocycles. The van der Waals surface area contributed by atoms with Crippen LogP contribution in [0.4, 0.5) is 0 Å². The average Bonchev–Trinajstić information content (AvgIpc) is 2.30. The Balaban J connectivity index is 2.24. The molecular weight excluding hydrogens is 216 g/mol. The maximum Gasteiger partial charge on any atom is 0.320 e. The molecule has 1 unspecified atom stereocenters. The van der Waals surface area contributed by atoms with Gasteiger partial charge in [0.05, 0.1) is 0 Å². The highest BCUT2D eigenvalue weighted by Crippen LogP contribution is 2.24. The lowest BCUT2D eigenvalue weighted by atomic mass is 9.86. The first-order valence-electron chi connectivity index (χ1n) is 6.67. The Morgan fingerprint density at radius 3 is 2.41 bits per heavy atom. The van der Waals surface area contributed by atoms with Gasteiger partial charge in [0, 0.05) is 6.54 Å². The molecule has 1 heterocycles. The Morgan fingerprint density at radius 2 is 2.00 bits per heavy atom. The molecule has 2 N–H and O–H groups in total. The zero-order chi connectivity index (χ0) is 12.8. The van der Waals surface area contributed by atoms with E-state index < -0.39 is 12.0 Å². The summed E-state index contributed by atoms with van der Waals surface area (Å²) in [5, 5.41) is 11.8. The number of hydrogen-bond acceptors (Lipinski definition) is 3. The molecule has 0 aromatic rings. The SMILES string of the molecule is CNC(CCN1CCC(C(C)C)CC1)C(=O)O. The molecule has 0 aromatic heterocycles. The van der Waals surface area contributed by atoms with Gasteiger partial charge in [-0.1, -0.05) is 13.8 Å². The van der Waals surface area contributed by atoms with Crippen LogP contribution in [0.5, 0.6) is 0 Å². The monoisotopic (exact) mass is 242 g/mol. The predicted molar refractivity (Wildman–Crippen MR) is 69.1 cm³/mol. The van der Waals surface area contributed by atoms with Gasteiger partial charge in [-0.25, -0.2) is 0 Å². The molecule has 0 radical (unpaired) electrons. The third kappa shape index (κ3) is 4.64. The van der Waals surface area contributed by atoms with Crippen molar-refractivity contribution >= 4 is 5.97 Å². The van der Waals surface area contributed by atoms with Crippen molar-refractivity contribution in [1.82, 2.24) is 10.2 Å². The Bertz CT molecular complexity index is 236. The Labute approximate surface area is 104 Å². The van der Waals surface area contributed by atoms with Gasteiger partial charge >= 0.3 is 5.97 Å². The topological polar surface area (TPSA) is 52.6 Å². The van der Waals surface area contributed by atoms with E-state index in [1.54, 1.807) is 7.05 Å². The fourth-order valence-corrected chi connectivity index (χ4v) is 2.55. The molecule has 4 nitrogen and oxygen atoms in total. The van der Waals surface area contributed by atoms with Crippen molar-refractivity contribution in [3.8, 4) is 0 Å². The lowest BCUT2D eigenvalue weighted by Gasteiger charge is -2.34. The van der Waals surface area contributed by atoms with Crippen LogP contribution in [0.15, 0.2) is 0 Å². The summed E-state index contributed by atoms with van der Waals surface area (Å²) in [5.74, 6) is 0.886. The molecule has 100 valence electrons. The second-order valence-corrected chi connectivity index (χ2v) is 5.39. The van der Waals surface area contributed by atoms with Crippen LogP contribution in [0.25, 0.3) is 0 Å². The predicted octanol–water partition coefficient (Wildman–Crippen LogP) is 1.42. The van der Waals surface area contributed by atoms with E-state index in [0.29, 0.717) is 6.42 Å². The average molecular weight is 242 g/mol. The molecule has 17 heavy (non-hydrogen) atoms. The van der Waals surface area contributed by atoms with Gasteiger partial charge in [-0.2, -0.15) is 0 Å². The number of hydrogen-bond donors (Lipinski definition) is 2. The number of likely N-dealkylation sites (tertiary alicyclic amines) is 1. The molecule has 0 amide bonds. The van der Waals surface area contributed by atoms with E-state index >= 15 is 0 Å². The lowest BCUT2D eigenvalue weighted by Crippen LogP contribution is -2.41. The largest absolute Gasteiger partial charge is 0.480 e. The molecule has 0 saturated carbocycles. The number of carboxylic acid groups (broad SMARTS) is 1. The first-order chi connectivity index (χ1) is 8.04. The van der Waals surface area contributed by atoms with Gasteiger partial charge < -0.3 is 15.3 Å². The summed E-state index contributed by atoms with van der Waals surface area (Å²) in [7, 11) is 1.71. The van der Waals surface area contributed by atoms with Crippen LogP contribution in [0.2, 0.25) is 0 Å². The Morgan fingerprint density at radius 1 is 1.41 bits per heavy atom. The highest BCUT2D eigenvalue weighted by molar-refractivity contribution is 5.73. The molecule has 0 aromatic carbocycles. The van der Waals surface area contributed by atoms with Crippen molar-refractivity contribution in [1.29, 1.82) is 0 Å². The summed E-state index contributed by atoms with van der Waals surface area (Å²) >= 11 is 0. The van der Waals surface area contributed by atoms with Crippen LogP contribution >= 0.6 is 0 Å². The molecule has 0 aliphatic carbocycles. The number of piperidine rings is 1. The summed E-state index contributed by atoms with van der Waals surface area (Å²) in [4.78, 5) is 13.3. The van der Waals surface area contributed by atoms with Crippen molar-refractivity contribution in [2.45, 2.75) is 39.2 Å². The third-order valence-corrected chi connectivity index (χ3v) is 3.96. The van der Waals surface area contributed by atoms with Gasteiger partial charge in [-0.05, 0) is 51.2 Å². The first kappa shape index (κ1) is 14.5. The number of nitrogens with one attached hydrogen (secondary N) is 1. The van der Waals surface area contributed by atoms with Crippen LogP contribution in [0.3, 0.4) is 0 Å². The van der Waals surface area contributed by atoms with Gasteiger partial charge in [0.15, 0.2) is 0 Å². The van der Waals surface area contributed by atoms with Crippen molar-refractivity contribution in [2.75, 3.05) is 26.7 Å². The smallest absolute Gasteiger partial charge is 0.320 e. The Hall–Kier alpha value is -0.610.